The van der Waals surface area contributed by atoms with Gasteiger partial charge in [-0.2, -0.15) is 5.10 Å². The fourth-order valence-corrected chi connectivity index (χ4v) is 1.90. The maximum Gasteiger partial charge on any atom is 0.0854 e. The van der Waals surface area contributed by atoms with Crippen LogP contribution in [-0.4, -0.2) is 14.9 Å². The Hall–Kier alpha value is -1.61. The Morgan fingerprint density at radius 3 is 2.53 bits per heavy atom. The van der Waals surface area contributed by atoms with Crippen molar-refractivity contribution in [3.8, 4) is 5.69 Å². The summed E-state index contributed by atoms with van der Waals surface area (Å²) in [5.74, 6) is 0.570. The van der Waals surface area contributed by atoms with Crippen LogP contribution in [0, 0.1) is 5.92 Å². The van der Waals surface area contributed by atoms with Crippen LogP contribution in [-0.2, 0) is 13.0 Å². The Morgan fingerprint density at radius 1 is 1.24 bits per heavy atom. The van der Waals surface area contributed by atoms with Crippen LogP contribution in [0.3, 0.4) is 0 Å². The highest BCUT2D eigenvalue weighted by Crippen LogP contribution is 2.15. The number of nitrogens with zero attached hydrogens (tertiary/aromatic N) is 2. The zero-order valence-corrected chi connectivity index (χ0v) is 10.3. The highest BCUT2D eigenvalue weighted by atomic mass is 16.3. The predicted octanol–water partition coefficient (Wildman–Crippen LogP) is 2.56. The molecule has 0 bridgehead atoms. The number of aliphatic hydroxyl groups excluding tert-OH is 1. The van der Waals surface area contributed by atoms with E-state index in [-0.39, 0.29) is 6.61 Å². The zero-order chi connectivity index (χ0) is 12.3. The van der Waals surface area contributed by atoms with E-state index in [1.165, 1.54) is 0 Å². The molecule has 0 saturated carbocycles. The highest BCUT2D eigenvalue weighted by Gasteiger charge is 2.09. The van der Waals surface area contributed by atoms with Gasteiger partial charge >= 0.3 is 0 Å². The molecule has 0 aliphatic carbocycles. The topological polar surface area (TPSA) is 38.0 Å². The summed E-state index contributed by atoms with van der Waals surface area (Å²) in [5, 5.41) is 13.9. The average molecular weight is 230 g/mol. The van der Waals surface area contributed by atoms with Crippen LogP contribution < -0.4 is 0 Å². The van der Waals surface area contributed by atoms with Gasteiger partial charge in [0.25, 0.3) is 0 Å². The normalized spacial score (nSPS) is 11.1. The van der Waals surface area contributed by atoms with Gasteiger partial charge in [0.1, 0.15) is 0 Å². The van der Waals surface area contributed by atoms with E-state index in [0.717, 1.165) is 23.5 Å². The molecule has 1 aromatic heterocycles. The first-order valence-electron chi connectivity index (χ1n) is 5.95. The Bertz CT molecular complexity index is 474. The lowest BCUT2D eigenvalue weighted by Crippen LogP contribution is -2.02. The summed E-state index contributed by atoms with van der Waals surface area (Å²) in [6, 6.07) is 11.9. The fraction of sp³-hybridized carbons (Fsp3) is 0.357. The number of benzene rings is 1. The SMILES string of the molecule is CC(C)Cc1cc(CO)n(-c2ccccc2)n1. The second-order valence-corrected chi connectivity index (χ2v) is 4.63. The first kappa shape index (κ1) is 11.9. The number of para-hydroxylation sites is 1. The van der Waals surface area contributed by atoms with Crippen molar-refractivity contribution in [2.75, 3.05) is 0 Å². The van der Waals surface area contributed by atoms with Crippen LogP contribution in [0.5, 0.6) is 0 Å². The molecule has 0 fully saturated rings. The molecule has 1 N–H and O–H groups in total. The molecule has 1 heterocycles. The monoisotopic (exact) mass is 230 g/mol. The smallest absolute Gasteiger partial charge is 0.0854 e. The standard InChI is InChI=1S/C14H18N2O/c1-11(2)8-12-9-14(10-17)16(15-12)13-6-4-3-5-7-13/h3-7,9,11,17H,8,10H2,1-2H3. The van der Waals surface area contributed by atoms with Gasteiger partial charge in [-0.15, -0.1) is 0 Å². The van der Waals surface area contributed by atoms with Gasteiger partial charge in [0, 0.05) is 0 Å². The third kappa shape index (κ3) is 2.74. The summed E-state index contributed by atoms with van der Waals surface area (Å²) in [6.45, 7) is 4.35. The lowest BCUT2D eigenvalue weighted by molar-refractivity contribution is 0.273. The van der Waals surface area contributed by atoms with E-state index in [2.05, 4.69) is 18.9 Å². The second-order valence-electron chi connectivity index (χ2n) is 4.63. The Labute approximate surface area is 102 Å². The van der Waals surface area contributed by atoms with Gasteiger partial charge in [0.2, 0.25) is 0 Å². The molecule has 1 aromatic carbocycles. The van der Waals surface area contributed by atoms with Crippen LogP contribution in [0.15, 0.2) is 36.4 Å². The molecule has 0 unspecified atom stereocenters. The van der Waals surface area contributed by atoms with Gasteiger partial charge in [-0.1, -0.05) is 32.0 Å². The van der Waals surface area contributed by atoms with E-state index in [1.54, 1.807) is 0 Å². The third-order valence-corrected chi connectivity index (χ3v) is 2.61. The van der Waals surface area contributed by atoms with Crippen molar-refractivity contribution in [2.24, 2.45) is 5.92 Å². The average Bonchev–Trinajstić information content (AvgIpc) is 2.72. The lowest BCUT2D eigenvalue weighted by Gasteiger charge is -2.04. The van der Waals surface area contributed by atoms with Gasteiger partial charge in [0.05, 0.1) is 23.7 Å². The molecule has 0 amide bonds. The van der Waals surface area contributed by atoms with Gasteiger partial charge in [-0.05, 0) is 30.5 Å². The van der Waals surface area contributed by atoms with Crippen molar-refractivity contribution in [3.05, 3.63) is 47.8 Å². The first-order chi connectivity index (χ1) is 8.20. The summed E-state index contributed by atoms with van der Waals surface area (Å²) < 4.78 is 1.82. The lowest BCUT2D eigenvalue weighted by atomic mass is 10.1. The number of aliphatic hydroxyl groups is 1. The summed E-state index contributed by atoms with van der Waals surface area (Å²) in [7, 11) is 0. The summed E-state index contributed by atoms with van der Waals surface area (Å²) >= 11 is 0. The maximum atomic E-state index is 9.37. The van der Waals surface area contributed by atoms with E-state index in [0.29, 0.717) is 5.92 Å². The summed E-state index contributed by atoms with van der Waals surface area (Å²) in [4.78, 5) is 0. The molecule has 3 nitrogen and oxygen atoms in total. The minimum Gasteiger partial charge on any atom is -0.390 e. The van der Waals surface area contributed by atoms with Crippen LogP contribution >= 0.6 is 0 Å². The van der Waals surface area contributed by atoms with Crippen LogP contribution in [0.2, 0.25) is 0 Å². The Balaban J connectivity index is 2.36. The van der Waals surface area contributed by atoms with Crippen molar-refractivity contribution < 1.29 is 5.11 Å². The third-order valence-electron chi connectivity index (χ3n) is 2.61. The molecular formula is C14H18N2O. The molecule has 0 saturated heterocycles. The molecule has 2 aromatic rings. The van der Waals surface area contributed by atoms with Gasteiger partial charge in [-0.25, -0.2) is 4.68 Å². The Kier molecular flexibility index (Phi) is 3.59. The molecule has 3 heteroatoms. The Morgan fingerprint density at radius 2 is 1.94 bits per heavy atom. The molecule has 2 rings (SSSR count). The molecule has 17 heavy (non-hydrogen) atoms. The van der Waals surface area contributed by atoms with Crippen molar-refractivity contribution in [1.29, 1.82) is 0 Å². The number of hydrogen-bond donors (Lipinski definition) is 1. The first-order valence-corrected chi connectivity index (χ1v) is 5.95. The van der Waals surface area contributed by atoms with E-state index >= 15 is 0 Å². The van der Waals surface area contributed by atoms with Gasteiger partial charge < -0.3 is 5.11 Å². The van der Waals surface area contributed by atoms with Crippen molar-refractivity contribution in [1.82, 2.24) is 9.78 Å². The molecule has 0 aliphatic heterocycles. The van der Waals surface area contributed by atoms with Crippen molar-refractivity contribution in [3.63, 3.8) is 0 Å². The van der Waals surface area contributed by atoms with E-state index in [1.807, 2.05) is 41.1 Å². The highest BCUT2D eigenvalue weighted by molar-refractivity contribution is 5.33. The van der Waals surface area contributed by atoms with Gasteiger partial charge in [-0.3, -0.25) is 0 Å². The quantitative estimate of drug-likeness (QED) is 0.876. The predicted molar refractivity (Wildman–Crippen MR) is 68.0 cm³/mol. The van der Waals surface area contributed by atoms with Crippen molar-refractivity contribution >= 4 is 0 Å². The fourth-order valence-electron chi connectivity index (χ4n) is 1.90. The molecule has 0 spiro atoms. The van der Waals surface area contributed by atoms with E-state index < -0.39 is 0 Å². The minimum atomic E-state index is 0.0139. The zero-order valence-electron chi connectivity index (χ0n) is 10.3. The molecule has 90 valence electrons. The largest absolute Gasteiger partial charge is 0.390 e. The second kappa shape index (κ2) is 5.15. The van der Waals surface area contributed by atoms with Gasteiger partial charge in [0.15, 0.2) is 0 Å². The maximum absolute atomic E-state index is 9.37. The molecule has 0 aliphatic rings. The summed E-state index contributed by atoms with van der Waals surface area (Å²) in [5.41, 5.74) is 2.87. The van der Waals surface area contributed by atoms with Crippen LogP contribution in [0.25, 0.3) is 5.69 Å². The number of hydrogen-bond acceptors (Lipinski definition) is 2. The number of rotatable bonds is 4. The van der Waals surface area contributed by atoms with E-state index in [4.69, 9.17) is 0 Å². The number of aromatic nitrogens is 2. The van der Waals surface area contributed by atoms with Crippen molar-refractivity contribution in [2.45, 2.75) is 26.9 Å². The summed E-state index contributed by atoms with van der Waals surface area (Å²) in [6.07, 6.45) is 0.937. The molecule has 0 radical (unpaired) electrons. The molecule has 0 atom stereocenters. The van der Waals surface area contributed by atoms with Crippen LogP contribution in [0.1, 0.15) is 25.2 Å². The van der Waals surface area contributed by atoms with Crippen LogP contribution in [0.4, 0.5) is 0 Å². The molecular weight excluding hydrogens is 212 g/mol. The minimum absolute atomic E-state index is 0.0139. The van der Waals surface area contributed by atoms with E-state index in [9.17, 15) is 5.11 Å².